The molecule has 1 saturated heterocycles. The molecule has 0 bridgehead atoms. The Balaban J connectivity index is 1.26. The molecule has 3 atom stereocenters. The van der Waals surface area contributed by atoms with Crippen LogP contribution >= 0.6 is 0 Å². The van der Waals surface area contributed by atoms with Crippen LogP contribution in [0.25, 0.3) is 22.3 Å². The number of hydrogen-bond donors (Lipinski definition) is 2. The van der Waals surface area contributed by atoms with E-state index in [2.05, 4.69) is 30.8 Å². The van der Waals surface area contributed by atoms with Crippen LogP contribution in [0.5, 0.6) is 0 Å². The first kappa shape index (κ1) is 19.8. The summed E-state index contributed by atoms with van der Waals surface area (Å²) >= 11 is 0. The Kier molecular flexibility index (Phi) is 4.40. The minimum absolute atomic E-state index is 0.105. The second-order valence-corrected chi connectivity index (χ2v) is 11.0. The van der Waals surface area contributed by atoms with Crippen LogP contribution in [-0.4, -0.2) is 56.6 Å². The van der Waals surface area contributed by atoms with Gasteiger partial charge in [-0.15, -0.1) is 0 Å². The van der Waals surface area contributed by atoms with Gasteiger partial charge in [-0.25, -0.2) is 9.97 Å². The number of rotatable bonds is 6. The predicted octanol–water partition coefficient (Wildman–Crippen LogP) is 1.77. The molecular formula is C21H24N8O2S. The zero-order chi connectivity index (χ0) is 21.9. The average molecular weight is 453 g/mol. The second kappa shape index (κ2) is 7.10. The van der Waals surface area contributed by atoms with E-state index in [4.69, 9.17) is 0 Å². The Labute approximate surface area is 185 Å². The molecule has 1 aliphatic heterocycles. The highest BCUT2D eigenvalue weighted by Gasteiger charge is 2.52. The third-order valence-electron chi connectivity index (χ3n) is 7.16. The van der Waals surface area contributed by atoms with Crippen molar-refractivity contribution in [1.29, 1.82) is 5.26 Å². The molecule has 3 aromatic heterocycles. The third-order valence-corrected chi connectivity index (χ3v) is 8.77. The van der Waals surface area contributed by atoms with E-state index in [1.165, 1.54) is 6.33 Å². The predicted molar refractivity (Wildman–Crippen MR) is 116 cm³/mol. The molecule has 2 saturated carbocycles. The van der Waals surface area contributed by atoms with E-state index in [-0.39, 0.29) is 17.9 Å². The van der Waals surface area contributed by atoms with Gasteiger partial charge < -0.3 is 4.98 Å². The molecule has 166 valence electrons. The topological polar surface area (TPSA) is 133 Å². The van der Waals surface area contributed by atoms with E-state index >= 15 is 0 Å². The van der Waals surface area contributed by atoms with Gasteiger partial charge >= 0.3 is 0 Å². The molecule has 0 amide bonds. The third kappa shape index (κ3) is 3.21. The monoisotopic (exact) mass is 452 g/mol. The standard InChI is InChI=1S/C21H24N8O2S/c22-5-4-21(7-14-10-28(11-15(14)8-21)32(30,31)27-17-1-2-17)29-12-16(9-26-29)19-18-3-6-23-20(18)25-13-24-19/h3,6,9,12-15,17,27H,1-2,4,7-8,10-11H2,(H,23,24,25)/t14-,15+,21?. The summed E-state index contributed by atoms with van der Waals surface area (Å²) in [6, 6.07) is 4.40. The Hall–Kier alpha value is -2.81. The summed E-state index contributed by atoms with van der Waals surface area (Å²) in [7, 11) is -3.42. The van der Waals surface area contributed by atoms with Gasteiger partial charge in [-0.05, 0) is 43.6 Å². The van der Waals surface area contributed by atoms with Crippen molar-refractivity contribution in [2.24, 2.45) is 11.8 Å². The zero-order valence-electron chi connectivity index (χ0n) is 17.5. The maximum atomic E-state index is 12.6. The zero-order valence-corrected chi connectivity index (χ0v) is 18.3. The molecule has 0 spiro atoms. The molecule has 3 fully saturated rings. The smallest absolute Gasteiger partial charge is 0.279 e. The molecule has 11 heteroatoms. The quantitative estimate of drug-likeness (QED) is 0.586. The fraction of sp³-hybridized carbons (Fsp3) is 0.524. The number of H-pyrrole nitrogens is 1. The SMILES string of the molecule is N#CCC1(n2cc(-c3ncnc4[nH]ccc34)cn2)C[C@H]2CN(S(=O)(=O)NC3CC3)C[C@H]2C1. The van der Waals surface area contributed by atoms with Crippen LogP contribution in [0.15, 0.2) is 31.0 Å². The van der Waals surface area contributed by atoms with Crippen molar-refractivity contribution in [1.82, 2.24) is 33.8 Å². The fourth-order valence-electron chi connectivity index (χ4n) is 5.47. The van der Waals surface area contributed by atoms with Crippen molar-refractivity contribution in [2.75, 3.05) is 13.1 Å². The maximum absolute atomic E-state index is 12.6. The summed E-state index contributed by atoms with van der Waals surface area (Å²) in [5, 5.41) is 15.2. The van der Waals surface area contributed by atoms with Crippen LogP contribution in [0.2, 0.25) is 0 Å². The first-order valence-electron chi connectivity index (χ1n) is 11.0. The van der Waals surface area contributed by atoms with Crippen molar-refractivity contribution >= 4 is 21.2 Å². The van der Waals surface area contributed by atoms with Crippen LogP contribution in [0.4, 0.5) is 0 Å². The molecule has 3 aliphatic rings. The number of nitrogens with one attached hydrogen (secondary N) is 2. The Bertz CT molecular complexity index is 1300. The first-order chi connectivity index (χ1) is 15.5. The van der Waals surface area contributed by atoms with Gasteiger partial charge in [0, 0.05) is 42.5 Å². The Morgan fingerprint density at radius 1 is 1.25 bits per heavy atom. The number of nitriles is 1. The highest BCUT2D eigenvalue weighted by atomic mass is 32.2. The van der Waals surface area contributed by atoms with Crippen LogP contribution in [0.3, 0.4) is 0 Å². The number of hydrogen-bond acceptors (Lipinski definition) is 6. The molecule has 10 nitrogen and oxygen atoms in total. The number of aromatic amines is 1. The molecular weight excluding hydrogens is 428 g/mol. The van der Waals surface area contributed by atoms with Gasteiger partial charge in [0.1, 0.15) is 12.0 Å². The minimum atomic E-state index is -3.42. The van der Waals surface area contributed by atoms with Crippen LogP contribution < -0.4 is 4.72 Å². The maximum Gasteiger partial charge on any atom is 0.279 e. The highest BCUT2D eigenvalue weighted by Crippen LogP contribution is 2.50. The van der Waals surface area contributed by atoms with E-state index in [1.54, 1.807) is 10.5 Å². The normalized spacial score (nSPS) is 28.2. The van der Waals surface area contributed by atoms with E-state index in [0.717, 1.165) is 48.0 Å². The molecule has 4 heterocycles. The molecule has 0 radical (unpaired) electrons. The first-order valence-corrected chi connectivity index (χ1v) is 12.4. The lowest BCUT2D eigenvalue weighted by Gasteiger charge is -2.29. The van der Waals surface area contributed by atoms with E-state index < -0.39 is 15.7 Å². The lowest BCUT2D eigenvalue weighted by molar-refractivity contribution is 0.240. The van der Waals surface area contributed by atoms with E-state index in [9.17, 15) is 13.7 Å². The number of fused-ring (bicyclic) bond motifs is 2. The van der Waals surface area contributed by atoms with Gasteiger partial charge in [0.15, 0.2) is 0 Å². The van der Waals surface area contributed by atoms with Crippen LogP contribution in [-0.2, 0) is 15.7 Å². The lowest BCUT2D eigenvalue weighted by atomic mass is 9.92. The summed E-state index contributed by atoms with van der Waals surface area (Å²) in [5.74, 6) is 0.449. The van der Waals surface area contributed by atoms with Gasteiger partial charge in [0.2, 0.25) is 0 Å². The van der Waals surface area contributed by atoms with Crippen molar-refractivity contribution in [3.63, 3.8) is 0 Å². The van der Waals surface area contributed by atoms with Gasteiger partial charge in [-0.3, -0.25) is 4.68 Å². The molecule has 2 N–H and O–H groups in total. The summed E-state index contributed by atoms with van der Waals surface area (Å²) in [4.78, 5) is 11.8. The van der Waals surface area contributed by atoms with Gasteiger partial charge in [0.25, 0.3) is 10.2 Å². The Morgan fingerprint density at radius 3 is 2.75 bits per heavy atom. The van der Waals surface area contributed by atoms with Crippen molar-refractivity contribution < 1.29 is 8.42 Å². The van der Waals surface area contributed by atoms with Crippen molar-refractivity contribution in [3.8, 4) is 17.3 Å². The average Bonchev–Trinajstić information content (AvgIpc) is 3.18. The highest BCUT2D eigenvalue weighted by molar-refractivity contribution is 7.87. The molecule has 3 aromatic rings. The minimum Gasteiger partial charge on any atom is -0.346 e. The molecule has 0 aromatic carbocycles. The molecule has 1 unspecified atom stereocenters. The summed E-state index contributed by atoms with van der Waals surface area (Å²) < 4.78 is 31.6. The van der Waals surface area contributed by atoms with Gasteiger partial charge in [-0.2, -0.15) is 27.8 Å². The van der Waals surface area contributed by atoms with Crippen LogP contribution in [0.1, 0.15) is 32.1 Å². The van der Waals surface area contributed by atoms with Crippen LogP contribution in [0, 0.1) is 23.2 Å². The van der Waals surface area contributed by atoms with Gasteiger partial charge in [0.05, 0.1) is 29.9 Å². The molecule has 2 aliphatic carbocycles. The molecule has 6 rings (SSSR count). The summed E-state index contributed by atoms with van der Waals surface area (Å²) in [6.07, 6.45) is 10.8. The lowest BCUT2D eigenvalue weighted by Crippen LogP contribution is -2.42. The van der Waals surface area contributed by atoms with E-state index in [1.807, 2.05) is 23.1 Å². The summed E-state index contributed by atoms with van der Waals surface area (Å²) in [5.41, 5.74) is 2.03. The number of aromatic nitrogens is 5. The second-order valence-electron chi connectivity index (χ2n) is 9.34. The summed E-state index contributed by atoms with van der Waals surface area (Å²) in [6.45, 7) is 1.01. The van der Waals surface area contributed by atoms with Crippen molar-refractivity contribution in [2.45, 2.75) is 43.7 Å². The largest absolute Gasteiger partial charge is 0.346 e. The molecule has 32 heavy (non-hydrogen) atoms. The fourth-order valence-corrected chi connectivity index (χ4v) is 7.05. The number of nitrogens with zero attached hydrogens (tertiary/aromatic N) is 6. The van der Waals surface area contributed by atoms with Gasteiger partial charge in [-0.1, -0.05) is 0 Å². The van der Waals surface area contributed by atoms with E-state index in [0.29, 0.717) is 19.5 Å². The Morgan fingerprint density at radius 2 is 2.03 bits per heavy atom. The van der Waals surface area contributed by atoms with Crippen molar-refractivity contribution in [3.05, 3.63) is 31.0 Å².